The van der Waals surface area contributed by atoms with Gasteiger partial charge in [0.2, 0.25) is 0 Å². The normalized spacial score (nSPS) is 41.1. The van der Waals surface area contributed by atoms with Crippen LogP contribution < -0.4 is 4.74 Å². The van der Waals surface area contributed by atoms with Crippen molar-refractivity contribution in [2.45, 2.75) is 31.0 Å². The standard InChI is InChI=1S/C14H16O4/c1-15-10-4-2-8(3-5-10)14-16-7-9-6-11-13(17-11)12(9)18-14/h2-5,9,11-14H,6-7H2,1H3. The molecule has 1 aromatic carbocycles. The Labute approximate surface area is 106 Å². The van der Waals surface area contributed by atoms with Gasteiger partial charge in [-0.05, 0) is 18.6 Å². The fourth-order valence-electron chi connectivity index (χ4n) is 3.02. The van der Waals surface area contributed by atoms with Crippen molar-refractivity contribution in [2.24, 2.45) is 5.92 Å². The topological polar surface area (TPSA) is 40.2 Å². The lowest BCUT2D eigenvalue weighted by molar-refractivity contribution is -0.243. The van der Waals surface area contributed by atoms with Crippen molar-refractivity contribution < 1.29 is 18.9 Å². The van der Waals surface area contributed by atoms with E-state index in [2.05, 4.69) is 0 Å². The quantitative estimate of drug-likeness (QED) is 0.749. The first kappa shape index (κ1) is 10.8. The highest BCUT2D eigenvalue weighted by Gasteiger charge is 2.58. The molecule has 0 spiro atoms. The molecule has 5 unspecified atom stereocenters. The second-order valence-electron chi connectivity index (χ2n) is 5.17. The number of hydrogen-bond acceptors (Lipinski definition) is 4. The number of fused-ring (bicyclic) bond motifs is 3. The summed E-state index contributed by atoms with van der Waals surface area (Å²) >= 11 is 0. The molecular formula is C14H16O4. The number of methoxy groups -OCH3 is 1. The Hall–Kier alpha value is -1.10. The predicted molar refractivity (Wildman–Crippen MR) is 63.3 cm³/mol. The van der Waals surface area contributed by atoms with E-state index in [4.69, 9.17) is 18.9 Å². The van der Waals surface area contributed by atoms with E-state index < -0.39 is 0 Å². The van der Waals surface area contributed by atoms with Crippen LogP contribution >= 0.6 is 0 Å². The minimum atomic E-state index is -0.264. The molecule has 2 saturated heterocycles. The van der Waals surface area contributed by atoms with Crippen molar-refractivity contribution >= 4 is 0 Å². The van der Waals surface area contributed by atoms with Gasteiger partial charge in [0.25, 0.3) is 0 Å². The molecule has 0 bridgehead atoms. The van der Waals surface area contributed by atoms with Crippen LogP contribution in [0.2, 0.25) is 0 Å². The van der Waals surface area contributed by atoms with E-state index in [1.54, 1.807) is 7.11 Å². The molecule has 18 heavy (non-hydrogen) atoms. The van der Waals surface area contributed by atoms with Crippen molar-refractivity contribution in [2.75, 3.05) is 13.7 Å². The summed E-state index contributed by atoms with van der Waals surface area (Å²) in [5.74, 6) is 1.36. The molecule has 2 heterocycles. The average molecular weight is 248 g/mol. The second-order valence-corrected chi connectivity index (χ2v) is 5.17. The molecule has 3 fully saturated rings. The van der Waals surface area contributed by atoms with E-state index in [0.29, 0.717) is 18.1 Å². The number of ether oxygens (including phenoxy) is 4. The van der Waals surface area contributed by atoms with Gasteiger partial charge in [0.15, 0.2) is 6.29 Å². The second kappa shape index (κ2) is 3.95. The highest BCUT2D eigenvalue weighted by molar-refractivity contribution is 5.28. The van der Waals surface area contributed by atoms with Gasteiger partial charge in [-0.25, -0.2) is 0 Å². The maximum Gasteiger partial charge on any atom is 0.184 e. The van der Waals surface area contributed by atoms with Crippen LogP contribution in [-0.2, 0) is 14.2 Å². The summed E-state index contributed by atoms with van der Waals surface area (Å²) in [6.07, 6.45) is 1.79. The SMILES string of the molecule is COc1ccc(C2OCC3CC4OC4C3O2)cc1. The van der Waals surface area contributed by atoms with Crippen molar-refractivity contribution in [1.29, 1.82) is 0 Å². The maximum atomic E-state index is 6.04. The molecule has 0 amide bonds. The Morgan fingerprint density at radius 1 is 1.11 bits per heavy atom. The summed E-state index contributed by atoms with van der Waals surface area (Å²) < 4.78 is 22.5. The molecule has 1 aromatic rings. The van der Waals surface area contributed by atoms with Crippen LogP contribution in [-0.4, -0.2) is 32.0 Å². The molecular weight excluding hydrogens is 232 g/mol. The summed E-state index contributed by atoms with van der Waals surface area (Å²) in [5.41, 5.74) is 1.04. The highest BCUT2D eigenvalue weighted by atomic mass is 16.7. The fourth-order valence-corrected chi connectivity index (χ4v) is 3.02. The lowest BCUT2D eigenvalue weighted by atomic mass is 10.0. The molecule has 0 aromatic heterocycles. The third kappa shape index (κ3) is 1.64. The summed E-state index contributed by atoms with van der Waals surface area (Å²) in [5, 5.41) is 0. The zero-order valence-corrected chi connectivity index (χ0v) is 10.2. The zero-order valence-electron chi connectivity index (χ0n) is 10.2. The molecule has 1 saturated carbocycles. The molecule has 5 atom stereocenters. The predicted octanol–water partition coefficient (Wildman–Crippen LogP) is 1.90. The Balaban J connectivity index is 1.51. The summed E-state index contributed by atoms with van der Waals surface area (Å²) in [6, 6.07) is 7.84. The lowest BCUT2D eigenvalue weighted by Gasteiger charge is -2.33. The monoisotopic (exact) mass is 248 g/mol. The van der Waals surface area contributed by atoms with Crippen molar-refractivity contribution in [1.82, 2.24) is 0 Å². The van der Waals surface area contributed by atoms with Crippen LogP contribution in [0.25, 0.3) is 0 Å². The number of benzene rings is 1. The van der Waals surface area contributed by atoms with Crippen LogP contribution in [0.4, 0.5) is 0 Å². The molecule has 96 valence electrons. The first-order valence-electron chi connectivity index (χ1n) is 6.41. The van der Waals surface area contributed by atoms with Crippen LogP contribution in [0.1, 0.15) is 18.3 Å². The summed E-state index contributed by atoms with van der Waals surface area (Å²) in [6.45, 7) is 0.776. The smallest absolute Gasteiger partial charge is 0.184 e. The first-order chi connectivity index (χ1) is 8.85. The zero-order chi connectivity index (χ0) is 12.1. The van der Waals surface area contributed by atoms with Gasteiger partial charge in [-0.15, -0.1) is 0 Å². The van der Waals surface area contributed by atoms with Crippen LogP contribution in [0.15, 0.2) is 24.3 Å². The van der Waals surface area contributed by atoms with E-state index in [0.717, 1.165) is 24.3 Å². The van der Waals surface area contributed by atoms with Crippen molar-refractivity contribution in [3.05, 3.63) is 29.8 Å². The molecule has 4 heteroatoms. The first-order valence-corrected chi connectivity index (χ1v) is 6.41. The largest absolute Gasteiger partial charge is 0.497 e. The lowest BCUT2D eigenvalue weighted by Crippen LogP contribution is -2.36. The van der Waals surface area contributed by atoms with Crippen molar-refractivity contribution in [3.8, 4) is 5.75 Å². The molecule has 4 rings (SSSR count). The van der Waals surface area contributed by atoms with Gasteiger partial charge in [-0.3, -0.25) is 0 Å². The third-order valence-corrected chi connectivity index (χ3v) is 4.08. The molecule has 0 radical (unpaired) electrons. The molecule has 1 aliphatic carbocycles. The Morgan fingerprint density at radius 2 is 1.94 bits per heavy atom. The van der Waals surface area contributed by atoms with E-state index in [1.807, 2.05) is 24.3 Å². The minimum Gasteiger partial charge on any atom is -0.497 e. The fraction of sp³-hybridized carbons (Fsp3) is 0.571. The van der Waals surface area contributed by atoms with Gasteiger partial charge in [0.1, 0.15) is 11.9 Å². The maximum absolute atomic E-state index is 6.04. The molecule has 0 N–H and O–H groups in total. The Bertz CT molecular complexity index is 444. The van der Waals surface area contributed by atoms with Crippen LogP contribution in [0.3, 0.4) is 0 Å². The Morgan fingerprint density at radius 3 is 2.72 bits per heavy atom. The molecule has 4 nitrogen and oxygen atoms in total. The molecule has 3 aliphatic rings. The number of epoxide rings is 1. The van der Waals surface area contributed by atoms with Gasteiger partial charge >= 0.3 is 0 Å². The van der Waals surface area contributed by atoms with E-state index in [9.17, 15) is 0 Å². The van der Waals surface area contributed by atoms with Gasteiger partial charge < -0.3 is 18.9 Å². The summed E-state index contributed by atoms with van der Waals surface area (Å²) in [4.78, 5) is 0. The average Bonchev–Trinajstić information content (AvgIpc) is 3.11. The van der Waals surface area contributed by atoms with Gasteiger partial charge in [0, 0.05) is 11.5 Å². The van der Waals surface area contributed by atoms with E-state index in [-0.39, 0.29) is 12.4 Å². The van der Waals surface area contributed by atoms with Crippen LogP contribution in [0, 0.1) is 5.92 Å². The van der Waals surface area contributed by atoms with Gasteiger partial charge in [0.05, 0.1) is 25.9 Å². The Kier molecular flexibility index (Phi) is 2.37. The van der Waals surface area contributed by atoms with Crippen LogP contribution in [0.5, 0.6) is 5.75 Å². The number of rotatable bonds is 2. The van der Waals surface area contributed by atoms with E-state index in [1.165, 1.54) is 0 Å². The minimum absolute atomic E-state index is 0.218. The third-order valence-electron chi connectivity index (χ3n) is 4.08. The molecule has 2 aliphatic heterocycles. The summed E-state index contributed by atoms with van der Waals surface area (Å²) in [7, 11) is 1.66. The highest BCUT2D eigenvalue weighted by Crippen LogP contribution is 2.48. The van der Waals surface area contributed by atoms with Gasteiger partial charge in [-0.2, -0.15) is 0 Å². The number of hydrogen-bond donors (Lipinski definition) is 0. The van der Waals surface area contributed by atoms with E-state index >= 15 is 0 Å². The van der Waals surface area contributed by atoms with Crippen molar-refractivity contribution in [3.63, 3.8) is 0 Å². The van der Waals surface area contributed by atoms with Gasteiger partial charge in [-0.1, -0.05) is 12.1 Å².